The van der Waals surface area contributed by atoms with Crippen LogP contribution in [-0.2, 0) is 11.2 Å². The topological polar surface area (TPSA) is 81.1 Å². The van der Waals surface area contributed by atoms with Gasteiger partial charge in [0, 0.05) is 19.0 Å². The number of rotatable bonds is 8. The lowest BCUT2D eigenvalue weighted by atomic mass is 10.1. The molecular weight excluding hydrogens is 465 g/mol. The Bertz CT molecular complexity index is 1470. The Hall–Kier alpha value is -3.78. The van der Waals surface area contributed by atoms with E-state index in [1.807, 2.05) is 12.1 Å². The molecule has 1 N–H and O–H groups in total. The molecule has 178 valence electrons. The summed E-state index contributed by atoms with van der Waals surface area (Å²) in [5.41, 5.74) is 2.57. The van der Waals surface area contributed by atoms with Crippen molar-refractivity contribution >= 4 is 34.4 Å². The molecule has 0 aliphatic rings. The molecule has 1 heterocycles. The molecule has 0 unspecified atom stereocenters. The van der Waals surface area contributed by atoms with E-state index in [9.17, 15) is 18.8 Å². The number of aromatic nitrogens is 2. The van der Waals surface area contributed by atoms with Gasteiger partial charge in [0.05, 0.1) is 22.3 Å². The third-order valence-electron chi connectivity index (χ3n) is 5.55. The van der Waals surface area contributed by atoms with Crippen LogP contribution >= 0.6 is 11.8 Å². The molecule has 0 radical (unpaired) electrons. The SMILES string of the molecule is CC(=O)NCCc1ccc(C(=O)CSc2nc3ccccc3c(=O)n2-c2ccc(C)c(F)c2)cc1. The first-order valence-electron chi connectivity index (χ1n) is 11.1. The molecule has 6 nitrogen and oxygen atoms in total. The molecule has 35 heavy (non-hydrogen) atoms. The summed E-state index contributed by atoms with van der Waals surface area (Å²) in [6.07, 6.45) is 0.670. The number of hydrogen-bond donors (Lipinski definition) is 1. The molecule has 4 aromatic rings. The standard InChI is InChI=1S/C27H24FN3O3S/c1-17-7-12-21(15-23(17)28)31-26(34)22-5-3-4-6-24(22)30-27(31)35-16-25(33)20-10-8-19(9-11-20)13-14-29-18(2)32/h3-12,15H,13-14,16H2,1-2H3,(H,29,32). The highest BCUT2D eigenvalue weighted by molar-refractivity contribution is 7.99. The zero-order chi connectivity index (χ0) is 24.9. The molecule has 0 aliphatic heterocycles. The number of amides is 1. The molecule has 0 bridgehead atoms. The number of ketones is 1. The van der Waals surface area contributed by atoms with Gasteiger partial charge in [-0.05, 0) is 48.7 Å². The van der Waals surface area contributed by atoms with Gasteiger partial charge < -0.3 is 5.32 Å². The van der Waals surface area contributed by atoms with Crippen molar-refractivity contribution in [1.29, 1.82) is 0 Å². The minimum absolute atomic E-state index is 0.0599. The van der Waals surface area contributed by atoms with Crippen LogP contribution in [0.15, 0.2) is 76.7 Å². The average Bonchev–Trinajstić information content (AvgIpc) is 2.85. The van der Waals surface area contributed by atoms with Crippen LogP contribution in [0.25, 0.3) is 16.6 Å². The minimum Gasteiger partial charge on any atom is -0.356 e. The second kappa shape index (κ2) is 10.7. The average molecular weight is 490 g/mol. The highest BCUT2D eigenvalue weighted by atomic mass is 32.2. The first-order valence-corrected chi connectivity index (χ1v) is 12.1. The zero-order valence-corrected chi connectivity index (χ0v) is 20.2. The summed E-state index contributed by atoms with van der Waals surface area (Å²) in [4.78, 5) is 41.8. The van der Waals surface area contributed by atoms with E-state index in [4.69, 9.17) is 0 Å². The first-order chi connectivity index (χ1) is 16.8. The smallest absolute Gasteiger partial charge is 0.266 e. The van der Waals surface area contributed by atoms with Gasteiger partial charge in [-0.3, -0.25) is 19.0 Å². The van der Waals surface area contributed by atoms with Gasteiger partial charge in [-0.1, -0.05) is 54.2 Å². The van der Waals surface area contributed by atoms with E-state index >= 15 is 0 Å². The molecular formula is C27H24FN3O3S. The highest BCUT2D eigenvalue weighted by Gasteiger charge is 2.16. The number of benzene rings is 3. The Labute approximate surface area is 206 Å². The highest BCUT2D eigenvalue weighted by Crippen LogP contribution is 2.23. The quantitative estimate of drug-likeness (QED) is 0.224. The summed E-state index contributed by atoms with van der Waals surface area (Å²) in [7, 11) is 0. The van der Waals surface area contributed by atoms with Crippen molar-refractivity contribution in [3.63, 3.8) is 0 Å². The van der Waals surface area contributed by atoms with E-state index in [0.717, 1.165) is 17.3 Å². The van der Waals surface area contributed by atoms with Crippen molar-refractivity contribution in [3.05, 3.63) is 99.6 Å². The van der Waals surface area contributed by atoms with E-state index < -0.39 is 5.82 Å². The maximum Gasteiger partial charge on any atom is 0.266 e. The maximum atomic E-state index is 14.3. The maximum absolute atomic E-state index is 14.3. The van der Waals surface area contributed by atoms with Crippen LogP contribution in [0, 0.1) is 12.7 Å². The van der Waals surface area contributed by atoms with Crippen LogP contribution in [0.2, 0.25) is 0 Å². The van der Waals surface area contributed by atoms with Crippen molar-refractivity contribution in [1.82, 2.24) is 14.9 Å². The minimum atomic E-state index is -0.423. The fraction of sp³-hybridized carbons (Fsp3) is 0.185. The van der Waals surface area contributed by atoms with E-state index in [-0.39, 0.29) is 23.0 Å². The van der Waals surface area contributed by atoms with Crippen molar-refractivity contribution in [2.45, 2.75) is 25.4 Å². The molecule has 8 heteroatoms. The monoisotopic (exact) mass is 489 g/mol. The predicted octanol–water partition coefficient (Wildman–Crippen LogP) is 4.49. The fourth-order valence-electron chi connectivity index (χ4n) is 3.61. The van der Waals surface area contributed by atoms with Crippen LogP contribution in [0.4, 0.5) is 4.39 Å². The summed E-state index contributed by atoms with van der Waals surface area (Å²) in [6.45, 7) is 3.65. The third-order valence-corrected chi connectivity index (χ3v) is 6.49. The predicted molar refractivity (Wildman–Crippen MR) is 136 cm³/mol. The molecule has 0 saturated carbocycles. The number of hydrogen-bond acceptors (Lipinski definition) is 5. The third kappa shape index (κ3) is 5.66. The van der Waals surface area contributed by atoms with Crippen molar-refractivity contribution in [2.24, 2.45) is 0 Å². The number of nitrogens with one attached hydrogen (secondary N) is 1. The molecule has 0 saturated heterocycles. The number of carbonyl (C=O) groups is 2. The van der Waals surface area contributed by atoms with Gasteiger partial charge in [0.15, 0.2) is 10.9 Å². The normalized spacial score (nSPS) is 10.9. The van der Waals surface area contributed by atoms with Crippen LogP contribution < -0.4 is 10.9 Å². The second-order valence-electron chi connectivity index (χ2n) is 8.13. The van der Waals surface area contributed by atoms with Crippen LogP contribution in [0.5, 0.6) is 0 Å². The van der Waals surface area contributed by atoms with Crippen molar-refractivity contribution < 1.29 is 14.0 Å². The molecule has 0 fully saturated rings. The van der Waals surface area contributed by atoms with Crippen molar-refractivity contribution in [2.75, 3.05) is 12.3 Å². The number of halogens is 1. The molecule has 1 amide bonds. The molecule has 3 aromatic carbocycles. The lowest BCUT2D eigenvalue weighted by Gasteiger charge is -2.13. The van der Waals surface area contributed by atoms with Gasteiger partial charge in [-0.2, -0.15) is 0 Å². The Balaban J connectivity index is 1.59. The molecule has 0 spiro atoms. The van der Waals surface area contributed by atoms with E-state index in [0.29, 0.717) is 45.8 Å². The molecule has 0 aliphatic carbocycles. The van der Waals surface area contributed by atoms with Crippen LogP contribution in [0.1, 0.15) is 28.4 Å². The van der Waals surface area contributed by atoms with Crippen LogP contribution in [0.3, 0.4) is 0 Å². The Morgan fingerprint density at radius 3 is 2.51 bits per heavy atom. The summed E-state index contributed by atoms with van der Waals surface area (Å²) in [6, 6.07) is 18.8. The largest absolute Gasteiger partial charge is 0.356 e. The Morgan fingerprint density at radius 1 is 1.06 bits per heavy atom. The van der Waals surface area contributed by atoms with Gasteiger partial charge in [0.2, 0.25) is 5.91 Å². The number of Topliss-reactive ketones (excluding diaryl/α,β-unsaturated/α-hetero) is 1. The molecule has 1 aromatic heterocycles. The fourth-order valence-corrected chi connectivity index (χ4v) is 4.52. The Morgan fingerprint density at radius 2 is 1.80 bits per heavy atom. The number of para-hydroxylation sites is 1. The second-order valence-corrected chi connectivity index (χ2v) is 9.07. The summed E-state index contributed by atoms with van der Waals surface area (Å²) in [5, 5.41) is 3.48. The van der Waals surface area contributed by atoms with E-state index in [1.165, 1.54) is 17.6 Å². The van der Waals surface area contributed by atoms with Crippen LogP contribution in [-0.4, -0.2) is 33.5 Å². The number of nitrogens with zero attached hydrogens (tertiary/aromatic N) is 2. The van der Waals surface area contributed by atoms with Gasteiger partial charge >= 0.3 is 0 Å². The molecule has 0 atom stereocenters. The van der Waals surface area contributed by atoms with Gasteiger partial charge in [0.25, 0.3) is 5.56 Å². The van der Waals surface area contributed by atoms with Gasteiger partial charge in [-0.25, -0.2) is 9.37 Å². The number of carbonyl (C=O) groups excluding carboxylic acids is 2. The first kappa shape index (κ1) is 24.3. The number of fused-ring (bicyclic) bond motifs is 1. The molecule has 4 rings (SSSR count). The van der Waals surface area contributed by atoms with Gasteiger partial charge in [-0.15, -0.1) is 0 Å². The number of thioether (sulfide) groups is 1. The zero-order valence-electron chi connectivity index (χ0n) is 19.4. The summed E-state index contributed by atoms with van der Waals surface area (Å²) < 4.78 is 15.7. The lowest BCUT2D eigenvalue weighted by Crippen LogP contribution is -2.22. The van der Waals surface area contributed by atoms with E-state index in [2.05, 4.69) is 10.3 Å². The van der Waals surface area contributed by atoms with Crippen molar-refractivity contribution in [3.8, 4) is 5.69 Å². The summed E-state index contributed by atoms with van der Waals surface area (Å²) in [5.74, 6) is -0.562. The summed E-state index contributed by atoms with van der Waals surface area (Å²) >= 11 is 1.14. The van der Waals surface area contributed by atoms with E-state index in [1.54, 1.807) is 55.5 Å². The van der Waals surface area contributed by atoms with Gasteiger partial charge in [0.1, 0.15) is 5.82 Å². The Kier molecular flexibility index (Phi) is 7.41. The number of aryl methyl sites for hydroxylation is 1. The lowest BCUT2D eigenvalue weighted by molar-refractivity contribution is -0.118.